The molecule has 3 amide bonds. The molecular weight excluding hydrogens is 1010 g/mol. The minimum atomic E-state index is -5.30. The minimum absolute atomic E-state index is 0.0771. The van der Waals surface area contributed by atoms with E-state index in [4.69, 9.17) is 40.2 Å². The van der Waals surface area contributed by atoms with E-state index in [9.17, 15) is 62.0 Å². The Kier molecular flexibility index (Phi) is 19.9. The number of amides is 3. The maximum absolute atomic E-state index is 13.7. The number of nitrogens with one attached hydrogen (secondary N) is 5. The van der Waals surface area contributed by atoms with Crippen LogP contribution in [0.1, 0.15) is 83.2 Å². The molecule has 34 heteroatoms. The number of aryl methyl sites for hydroxylation is 1. The highest BCUT2D eigenvalue weighted by atomic mass is 31.2. The van der Waals surface area contributed by atoms with Crippen LogP contribution in [0.5, 0.6) is 0 Å². The van der Waals surface area contributed by atoms with Crippen LogP contribution in [-0.4, -0.2) is 129 Å². The molecule has 0 aliphatic carbocycles. The molecule has 396 valence electrons. The Morgan fingerprint density at radius 1 is 0.944 bits per heavy atom. The Hall–Kier alpha value is -4.81. The monoisotopic (exact) mass is 1070 g/mol. The summed E-state index contributed by atoms with van der Waals surface area (Å²) in [5.41, 5.74) is 14.4. The number of hydrogen-bond donors (Lipinski definition) is 12. The van der Waals surface area contributed by atoms with Gasteiger partial charge in [0.05, 0.1) is 31.6 Å². The minimum Gasteiger partial charge on any atom is -0.369 e. The molecule has 2 fully saturated rings. The van der Waals surface area contributed by atoms with Crippen LogP contribution in [0, 0.1) is 6.92 Å². The first kappa shape index (κ1) is 57.1. The second-order valence-corrected chi connectivity index (χ2v) is 20.8. The van der Waals surface area contributed by atoms with Crippen molar-refractivity contribution in [3.05, 3.63) is 61.4 Å². The van der Waals surface area contributed by atoms with Gasteiger partial charge in [-0.05, 0) is 39.5 Å². The van der Waals surface area contributed by atoms with Gasteiger partial charge in [-0.15, -0.1) is 0 Å². The summed E-state index contributed by atoms with van der Waals surface area (Å²) in [4.78, 5) is 127. The third-order valence-electron chi connectivity index (χ3n) is 10.9. The summed E-state index contributed by atoms with van der Waals surface area (Å²) >= 11 is 0. The molecule has 0 radical (unpaired) electrons. The van der Waals surface area contributed by atoms with E-state index in [1.165, 1.54) is 24.5 Å². The molecule has 5 rings (SSSR count). The van der Waals surface area contributed by atoms with Crippen molar-refractivity contribution in [1.82, 2.24) is 44.8 Å². The van der Waals surface area contributed by atoms with Gasteiger partial charge in [0.25, 0.3) is 11.1 Å². The number of phosphoric ester groups is 2. The number of phosphoric acid groups is 2. The number of hydrogen-bond acceptors (Lipinski definition) is 19. The fraction of sp³-hybridized carbons (Fsp3) is 0.622. The normalized spacial score (nSPS) is 23.5. The number of primary amides is 1. The number of nitrogens with zero attached hydrogens (tertiary/aromatic N) is 4. The summed E-state index contributed by atoms with van der Waals surface area (Å²) < 4.78 is 73.4. The Morgan fingerprint density at radius 3 is 2.23 bits per heavy atom. The number of fused-ring (bicyclic) bond motifs is 1. The molecule has 5 heterocycles. The number of ether oxygens (including phenoxy) is 2. The number of carbonyl (C=O) groups is 3. The van der Waals surface area contributed by atoms with Gasteiger partial charge < -0.3 is 56.9 Å². The molecule has 2 aliphatic rings. The Bertz CT molecular complexity index is 2720. The average molecular weight is 1070 g/mol. The molecule has 11 atom stereocenters. The van der Waals surface area contributed by atoms with E-state index in [0.29, 0.717) is 12.8 Å². The van der Waals surface area contributed by atoms with Crippen LogP contribution in [0.15, 0.2) is 39.1 Å². The Balaban J connectivity index is 1.26. The fourth-order valence-corrected chi connectivity index (χ4v) is 9.94. The van der Waals surface area contributed by atoms with Crippen LogP contribution in [0.4, 0.5) is 5.95 Å². The summed E-state index contributed by atoms with van der Waals surface area (Å²) in [6.07, 6.45) is -1.69. The number of rotatable bonds is 27. The third-order valence-corrected chi connectivity index (χ3v) is 13.6. The van der Waals surface area contributed by atoms with Crippen molar-refractivity contribution in [3.63, 3.8) is 0 Å². The molecule has 0 bridgehead atoms. The van der Waals surface area contributed by atoms with E-state index >= 15 is 0 Å². The number of carbonyl (C=O) groups excluding carboxylic acids is 3. The molecule has 0 saturated carbocycles. The van der Waals surface area contributed by atoms with Gasteiger partial charge in [-0.3, -0.25) is 61.2 Å². The van der Waals surface area contributed by atoms with Crippen molar-refractivity contribution >= 4 is 58.2 Å². The topological polar surface area (TPSA) is 471 Å². The molecule has 2 unspecified atom stereocenters. The number of aromatic nitrogens is 6. The van der Waals surface area contributed by atoms with Crippen molar-refractivity contribution in [2.75, 3.05) is 25.5 Å². The van der Waals surface area contributed by atoms with Gasteiger partial charge in [-0.25, -0.2) is 28.6 Å². The van der Waals surface area contributed by atoms with Gasteiger partial charge in [0.2, 0.25) is 23.7 Å². The molecular formula is C37H59N12O19P3. The van der Waals surface area contributed by atoms with Crippen LogP contribution in [0.25, 0.3) is 11.2 Å². The van der Waals surface area contributed by atoms with Gasteiger partial charge in [0.15, 0.2) is 11.2 Å². The average Bonchev–Trinajstić information content (AvgIpc) is 3.99. The van der Waals surface area contributed by atoms with E-state index in [-0.39, 0.29) is 54.4 Å². The second kappa shape index (κ2) is 24.7. The first-order chi connectivity index (χ1) is 33.2. The fourth-order valence-electron chi connectivity index (χ4n) is 7.34. The molecule has 2 aliphatic heterocycles. The van der Waals surface area contributed by atoms with E-state index in [0.717, 1.165) is 29.9 Å². The predicted octanol–water partition coefficient (Wildman–Crippen LogP) is -1.46. The van der Waals surface area contributed by atoms with Crippen molar-refractivity contribution in [2.45, 2.75) is 127 Å². The van der Waals surface area contributed by atoms with Crippen LogP contribution in [-0.2, 0) is 55.6 Å². The zero-order valence-electron chi connectivity index (χ0n) is 38.6. The van der Waals surface area contributed by atoms with E-state index in [2.05, 4.69) is 40.2 Å². The van der Waals surface area contributed by atoms with Crippen LogP contribution >= 0.6 is 23.4 Å². The maximum Gasteiger partial charge on any atom is 0.472 e. The largest absolute Gasteiger partial charge is 0.472 e. The summed E-state index contributed by atoms with van der Waals surface area (Å²) in [6.45, 7) is 3.19. The van der Waals surface area contributed by atoms with Crippen molar-refractivity contribution in [2.24, 2.45) is 11.5 Å². The molecule has 3 aromatic rings. The van der Waals surface area contributed by atoms with Gasteiger partial charge >= 0.3 is 29.1 Å². The third kappa shape index (κ3) is 16.9. The lowest BCUT2D eigenvalue weighted by Crippen LogP contribution is -2.43. The number of H-pyrrole nitrogens is 2. The van der Waals surface area contributed by atoms with Gasteiger partial charge in [0.1, 0.15) is 36.9 Å². The predicted molar refractivity (Wildman–Crippen MR) is 246 cm³/mol. The SMILES string of the molecule is CCCC[C@@H](/C=C/C(=O)NCCCC[C@H](NP(=O)(O)O[C@H]1C[C@H](n2cnc3c(=O)[nH]c(N)nc32)O[C@@H]1COP(=O)(O)O[C@H]1C[C@H](n2cc(C)c(=O)[nH]c2=O)O[C@@H]1COP(=O)(O)O)C(N)=O)NC(=O)[C@H](C)N. The smallest absolute Gasteiger partial charge is 0.369 e. The van der Waals surface area contributed by atoms with Crippen molar-refractivity contribution < 1.29 is 75.2 Å². The van der Waals surface area contributed by atoms with Crippen LogP contribution in [0.2, 0.25) is 0 Å². The number of imidazole rings is 1. The first-order valence-electron chi connectivity index (χ1n) is 22.1. The quantitative estimate of drug-likeness (QED) is 0.0236. The van der Waals surface area contributed by atoms with E-state index < -0.39 is 127 Å². The molecule has 3 aromatic heterocycles. The highest BCUT2D eigenvalue weighted by Crippen LogP contribution is 2.51. The highest BCUT2D eigenvalue weighted by Gasteiger charge is 2.46. The number of aromatic amines is 2. The number of unbranched alkanes of at least 4 members (excludes halogenated alkanes) is 2. The van der Waals surface area contributed by atoms with Gasteiger partial charge in [-0.1, -0.05) is 25.8 Å². The molecule has 0 aromatic carbocycles. The second-order valence-electron chi connectivity index (χ2n) is 16.6. The van der Waals surface area contributed by atoms with E-state index in [1.807, 2.05) is 6.92 Å². The summed E-state index contributed by atoms with van der Waals surface area (Å²) in [7, 11) is -15.5. The number of anilines is 1. The zero-order chi connectivity index (χ0) is 52.4. The van der Waals surface area contributed by atoms with Gasteiger partial charge in [-0.2, -0.15) is 4.98 Å². The molecule has 71 heavy (non-hydrogen) atoms. The standard InChI is InChI=1S/C37H59N12O19P3/c1-4-5-8-21(43-34(53)20(3)38)10-11-27(50)41-12-7-6-9-22(31(39)51)47-69(56,57)67-23-13-29(49-18-42-30-32(49)44-36(40)45-35(30)54)66-26(23)17-64-71(61,62)68-24-14-28(65-25(24)16-63-70(58,59)60)48-15-19(2)33(52)46-37(48)55/h10-11,15,18,20-26,28-29H,4-9,12-14,16-17,38H2,1-3H3,(H2,39,51)(H,41,50)(H,43,53)(H,61,62)(H,46,52,55)(H2,47,56,57)(H2,58,59,60)(H3,40,44,45,54)/b11-10+/t20-,21-,22-,23-,24-,25+,26+,28+,29+/m0/s1. The summed E-state index contributed by atoms with van der Waals surface area (Å²) in [5, 5.41) is 7.66. The van der Waals surface area contributed by atoms with Crippen molar-refractivity contribution in [3.8, 4) is 0 Å². The lowest BCUT2D eigenvalue weighted by molar-refractivity contribution is -0.122. The van der Waals surface area contributed by atoms with Crippen LogP contribution in [0.3, 0.4) is 0 Å². The zero-order valence-corrected chi connectivity index (χ0v) is 41.2. The lowest BCUT2D eigenvalue weighted by atomic mass is 10.1. The first-order valence-corrected chi connectivity index (χ1v) is 26.7. The van der Waals surface area contributed by atoms with Gasteiger partial charge in [0, 0.05) is 43.3 Å². The molecule has 0 spiro atoms. The molecule has 15 N–H and O–H groups in total. The highest BCUT2D eigenvalue weighted by molar-refractivity contribution is 7.50. The lowest BCUT2D eigenvalue weighted by Gasteiger charge is -2.25. The summed E-state index contributed by atoms with van der Waals surface area (Å²) in [5.74, 6) is -2.16. The molecule has 31 nitrogen and oxygen atoms in total. The van der Waals surface area contributed by atoms with Crippen molar-refractivity contribution in [1.29, 1.82) is 0 Å². The number of nitrogens with two attached hydrogens (primary N) is 3. The Morgan fingerprint density at radius 2 is 1.59 bits per heavy atom. The Labute approximate surface area is 403 Å². The maximum atomic E-state index is 13.7. The molecule has 2 saturated heterocycles. The summed E-state index contributed by atoms with van der Waals surface area (Å²) in [6, 6.07) is -2.61. The number of nitrogen functional groups attached to an aromatic ring is 1. The van der Waals surface area contributed by atoms with E-state index in [1.54, 1.807) is 6.08 Å². The van der Waals surface area contributed by atoms with Crippen LogP contribution < -0.4 is 49.7 Å².